The van der Waals surface area contributed by atoms with E-state index >= 15 is 0 Å². The van der Waals surface area contributed by atoms with Crippen molar-refractivity contribution < 1.29 is 23.4 Å². The lowest BCUT2D eigenvalue weighted by Gasteiger charge is -2.15. The van der Waals surface area contributed by atoms with Crippen molar-refractivity contribution in [2.75, 3.05) is 0 Å². The molecular weight excluding hydrogens is 513 g/mol. The van der Waals surface area contributed by atoms with Gasteiger partial charge in [0.25, 0.3) is 0 Å². The monoisotopic (exact) mass is 538 g/mol. The number of aromatic nitrogens is 4. The number of hydrogen-bond acceptors (Lipinski definition) is 5. The van der Waals surface area contributed by atoms with Crippen LogP contribution >= 0.6 is 11.8 Å². The minimum atomic E-state index is -4.39. The molecule has 0 unspecified atom stereocenters. The Bertz CT molecular complexity index is 1620. The quantitative estimate of drug-likeness (QED) is 0.222. The molecule has 0 atom stereocenters. The fourth-order valence-electron chi connectivity index (χ4n) is 4.35. The first-order valence-corrected chi connectivity index (χ1v) is 12.9. The smallest absolute Gasteiger partial charge is 0.416 e. The Morgan fingerprint density at radius 3 is 2.34 bits per heavy atom. The second-order valence-corrected chi connectivity index (χ2v) is 10.3. The Balaban J connectivity index is 1.59. The maximum Gasteiger partial charge on any atom is 0.416 e. The molecule has 196 valence electrons. The molecule has 0 aliphatic carbocycles. The van der Waals surface area contributed by atoms with Gasteiger partial charge in [-0.05, 0) is 59.5 Å². The van der Waals surface area contributed by atoms with Crippen LogP contribution in [0.3, 0.4) is 0 Å². The predicted molar refractivity (Wildman–Crippen MR) is 142 cm³/mol. The number of halogens is 3. The van der Waals surface area contributed by atoms with Gasteiger partial charge in [0.05, 0.1) is 16.8 Å². The van der Waals surface area contributed by atoms with Gasteiger partial charge in [-0.15, -0.1) is 10.2 Å². The highest BCUT2D eigenvalue weighted by Gasteiger charge is 2.30. The summed E-state index contributed by atoms with van der Waals surface area (Å²) >= 11 is 1.33. The van der Waals surface area contributed by atoms with Crippen molar-refractivity contribution in [3.05, 3.63) is 83.6 Å². The number of aromatic hydroxyl groups is 2. The number of hydrogen-bond donors (Lipinski definition) is 2. The molecule has 0 fully saturated rings. The summed E-state index contributed by atoms with van der Waals surface area (Å²) in [6.45, 7) is 3.88. The first-order valence-electron chi connectivity index (χ1n) is 11.9. The molecule has 5 aromatic rings. The summed E-state index contributed by atoms with van der Waals surface area (Å²) in [5.41, 5.74) is 2.87. The molecule has 3 aromatic carbocycles. The molecule has 6 nitrogen and oxygen atoms in total. The lowest BCUT2D eigenvalue weighted by Crippen LogP contribution is -2.04. The number of phenols is 2. The fourth-order valence-corrected chi connectivity index (χ4v) is 5.26. The Labute approximate surface area is 221 Å². The second-order valence-electron chi connectivity index (χ2n) is 9.38. The Kier molecular flexibility index (Phi) is 6.60. The molecular formula is C28H25F3N4O2S. The number of thioether (sulfide) groups is 1. The molecule has 2 aromatic heterocycles. The molecule has 0 saturated heterocycles. The number of fused-ring (bicyclic) bond motifs is 1. The van der Waals surface area contributed by atoms with Gasteiger partial charge in [-0.25, -0.2) is 0 Å². The standard InChI is InChI=1S/C28H25F3N4O2S/c1-16(2)21-13-22(25(37)14-24(21)36)26-32-33-27(38-15-17-4-6-19(7-5-17)28(29,30)31)35(26)20-8-9-23-18(12-20)10-11-34(23)3/h4-14,16,36-37H,15H2,1-3H3. The van der Waals surface area contributed by atoms with Crippen LogP contribution < -0.4 is 0 Å². The molecule has 0 saturated carbocycles. The molecule has 10 heteroatoms. The minimum absolute atomic E-state index is 0.0000873. The van der Waals surface area contributed by atoms with E-state index in [1.54, 1.807) is 6.07 Å². The largest absolute Gasteiger partial charge is 0.508 e. The number of rotatable bonds is 6. The van der Waals surface area contributed by atoms with Gasteiger partial charge in [-0.2, -0.15) is 13.2 Å². The maximum absolute atomic E-state index is 13.0. The van der Waals surface area contributed by atoms with E-state index in [2.05, 4.69) is 10.2 Å². The third kappa shape index (κ3) is 4.83. The van der Waals surface area contributed by atoms with Crippen LogP contribution in [0.25, 0.3) is 28.0 Å². The van der Waals surface area contributed by atoms with Crippen molar-refractivity contribution in [2.24, 2.45) is 7.05 Å². The van der Waals surface area contributed by atoms with Gasteiger partial charge >= 0.3 is 6.18 Å². The first-order chi connectivity index (χ1) is 18.0. The fraction of sp³-hybridized carbons (Fsp3) is 0.214. The molecule has 0 aliphatic heterocycles. The zero-order valence-corrected chi connectivity index (χ0v) is 21.7. The van der Waals surface area contributed by atoms with Gasteiger partial charge in [0.2, 0.25) is 0 Å². The number of benzene rings is 3. The van der Waals surface area contributed by atoms with Crippen LogP contribution in [0.1, 0.15) is 36.5 Å². The van der Waals surface area contributed by atoms with Gasteiger partial charge in [-0.1, -0.05) is 37.7 Å². The zero-order valence-electron chi connectivity index (χ0n) is 20.9. The van der Waals surface area contributed by atoms with Crippen LogP contribution in [0.2, 0.25) is 0 Å². The summed E-state index contributed by atoms with van der Waals surface area (Å²) in [4.78, 5) is 0. The van der Waals surface area contributed by atoms with Crippen molar-refractivity contribution in [3.63, 3.8) is 0 Å². The van der Waals surface area contributed by atoms with Crippen molar-refractivity contribution >= 4 is 22.7 Å². The summed E-state index contributed by atoms with van der Waals surface area (Å²) in [6, 6.07) is 15.9. The van der Waals surface area contributed by atoms with Gasteiger partial charge in [-0.3, -0.25) is 4.57 Å². The van der Waals surface area contributed by atoms with Crippen LogP contribution in [0, 0.1) is 0 Å². The molecule has 0 aliphatic rings. The first kappa shape index (κ1) is 25.7. The highest BCUT2D eigenvalue weighted by Crippen LogP contribution is 2.40. The Morgan fingerprint density at radius 2 is 1.66 bits per heavy atom. The number of nitrogens with zero attached hydrogens (tertiary/aromatic N) is 4. The van der Waals surface area contributed by atoms with E-state index in [-0.39, 0.29) is 17.4 Å². The molecule has 0 bridgehead atoms. The minimum Gasteiger partial charge on any atom is -0.508 e. The van der Waals surface area contributed by atoms with Gasteiger partial charge in [0, 0.05) is 36.0 Å². The summed E-state index contributed by atoms with van der Waals surface area (Å²) in [5.74, 6) is 0.605. The summed E-state index contributed by atoms with van der Waals surface area (Å²) < 4.78 is 42.7. The highest BCUT2D eigenvalue weighted by molar-refractivity contribution is 7.98. The van der Waals surface area contributed by atoms with E-state index in [1.165, 1.54) is 30.0 Å². The number of phenolic OH excluding ortho intramolecular Hbond substituents is 2. The van der Waals surface area contributed by atoms with Crippen molar-refractivity contribution in [3.8, 4) is 28.6 Å². The van der Waals surface area contributed by atoms with E-state index in [1.807, 2.05) is 60.5 Å². The molecule has 2 heterocycles. The Hall–Kier alpha value is -3.92. The molecule has 38 heavy (non-hydrogen) atoms. The Morgan fingerprint density at radius 1 is 0.921 bits per heavy atom. The van der Waals surface area contributed by atoms with E-state index in [0.29, 0.717) is 33.4 Å². The lowest BCUT2D eigenvalue weighted by atomic mass is 9.98. The molecule has 5 rings (SSSR count). The molecule has 0 radical (unpaired) electrons. The van der Waals surface area contributed by atoms with Gasteiger partial charge < -0.3 is 14.8 Å². The maximum atomic E-state index is 13.0. The summed E-state index contributed by atoms with van der Waals surface area (Å²) in [5, 5.41) is 31.4. The van der Waals surface area contributed by atoms with Crippen LogP contribution in [-0.4, -0.2) is 29.5 Å². The average Bonchev–Trinajstić information content (AvgIpc) is 3.45. The molecule has 2 N–H and O–H groups in total. The second kappa shape index (κ2) is 9.75. The van der Waals surface area contributed by atoms with Crippen LogP contribution in [0.4, 0.5) is 13.2 Å². The molecule has 0 spiro atoms. The molecule has 0 amide bonds. The summed E-state index contributed by atoms with van der Waals surface area (Å²) in [6.07, 6.45) is -2.43. The predicted octanol–water partition coefficient (Wildman–Crippen LogP) is 7.27. The van der Waals surface area contributed by atoms with Crippen molar-refractivity contribution in [2.45, 2.75) is 36.9 Å². The van der Waals surface area contributed by atoms with Crippen LogP contribution in [0.5, 0.6) is 11.5 Å². The van der Waals surface area contributed by atoms with E-state index in [4.69, 9.17) is 0 Å². The number of alkyl halides is 3. The van der Waals surface area contributed by atoms with Gasteiger partial charge in [0.15, 0.2) is 11.0 Å². The highest BCUT2D eigenvalue weighted by atomic mass is 32.2. The number of aryl methyl sites for hydroxylation is 1. The van der Waals surface area contributed by atoms with Crippen molar-refractivity contribution in [1.82, 2.24) is 19.3 Å². The summed E-state index contributed by atoms with van der Waals surface area (Å²) in [7, 11) is 1.96. The van der Waals surface area contributed by atoms with E-state index in [9.17, 15) is 23.4 Å². The normalized spacial score (nSPS) is 12.1. The van der Waals surface area contributed by atoms with Crippen LogP contribution in [-0.2, 0) is 19.0 Å². The van der Waals surface area contributed by atoms with E-state index < -0.39 is 11.7 Å². The lowest BCUT2D eigenvalue weighted by molar-refractivity contribution is -0.137. The van der Waals surface area contributed by atoms with E-state index in [0.717, 1.165) is 28.7 Å². The average molecular weight is 539 g/mol. The SMILES string of the molecule is CC(C)c1cc(-c2nnc(SCc3ccc(C(F)(F)F)cc3)n2-c2ccc3c(ccn3C)c2)c(O)cc1O. The van der Waals surface area contributed by atoms with Crippen LogP contribution in [0.15, 0.2) is 72.0 Å². The third-order valence-electron chi connectivity index (χ3n) is 6.42. The topological polar surface area (TPSA) is 76.1 Å². The zero-order chi connectivity index (χ0) is 27.2. The third-order valence-corrected chi connectivity index (χ3v) is 7.42. The van der Waals surface area contributed by atoms with Gasteiger partial charge in [0.1, 0.15) is 11.5 Å². The van der Waals surface area contributed by atoms with Crippen molar-refractivity contribution in [1.29, 1.82) is 0 Å².